The van der Waals surface area contributed by atoms with Crippen LogP contribution in [0.15, 0.2) is 24.3 Å². The van der Waals surface area contributed by atoms with Gasteiger partial charge in [0, 0.05) is 18.6 Å². The van der Waals surface area contributed by atoms with Gasteiger partial charge in [0.05, 0.1) is 0 Å². The van der Waals surface area contributed by atoms with E-state index in [9.17, 15) is 0 Å². The molecule has 3 rings (SSSR count). The first-order valence-corrected chi connectivity index (χ1v) is 6.94. The molecule has 2 unspecified atom stereocenters. The van der Waals surface area contributed by atoms with Crippen LogP contribution < -0.4 is 5.32 Å². The molecule has 0 spiro atoms. The largest absolute Gasteiger partial charge is 0.315 e. The molecule has 2 heteroatoms. The van der Waals surface area contributed by atoms with Gasteiger partial charge < -0.3 is 5.32 Å². The zero-order chi connectivity index (χ0) is 11.7. The highest BCUT2D eigenvalue weighted by molar-refractivity contribution is 5.34. The monoisotopic (exact) mass is 230 g/mol. The van der Waals surface area contributed by atoms with E-state index in [0.717, 1.165) is 6.04 Å². The molecular formula is C15H22N2. The second kappa shape index (κ2) is 4.79. The average Bonchev–Trinajstić information content (AvgIpc) is 3.01. The zero-order valence-electron chi connectivity index (χ0n) is 10.7. The Morgan fingerprint density at radius 1 is 1.29 bits per heavy atom. The lowest BCUT2D eigenvalue weighted by Crippen LogP contribution is -2.38. The average molecular weight is 230 g/mol. The van der Waals surface area contributed by atoms with Crippen LogP contribution in [0.1, 0.15) is 36.9 Å². The molecule has 0 bridgehead atoms. The van der Waals surface area contributed by atoms with E-state index < -0.39 is 0 Å². The van der Waals surface area contributed by atoms with Crippen molar-refractivity contribution in [2.45, 2.75) is 38.3 Å². The van der Waals surface area contributed by atoms with Crippen molar-refractivity contribution in [1.82, 2.24) is 10.2 Å². The van der Waals surface area contributed by atoms with Crippen LogP contribution in [0.3, 0.4) is 0 Å². The van der Waals surface area contributed by atoms with Gasteiger partial charge in [-0.1, -0.05) is 31.2 Å². The van der Waals surface area contributed by atoms with Gasteiger partial charge in [-0.05, 0) is 43.5 Å². The van der Waals surface area contributed by atoms with Crippen molar-refractivity contribution in [1.29, 1.82) is 0 Å². The minimum atomic E-state index is 0.668. The fraction of sp³-hybridized carbons (Fsp3) is 0.600. The van der Waals surface area contributed by atoms with Gasteiger partial charge in [0.1, 0.15) is 0 Å². The standard InChI is InChI=1S/C15H22N2/c1-2-17(13-9-10-16-11-13)15-8-7-12-5-3-4-6-14(12)15/h3-6,13,15-16H,2,7-11H2,1H3. The first-order chi connectivity index (χ1) is 8.40. The maximum Gasteiger partial charge on any atom is 0.0357 e. The summed E-state index contributed by atoms with van der Waals surface area (Å²) in [6.45, 7) is 5.84. The van der Waals surface area contributed by atoms with Crippen molar-refractivity contribution in [3.63, 3.8) is 0 Å². The van der Waals surface area contributed by atoms with Gasteiger partial charge in [-0.25, -0.2) is 0 Å². The van der Waals surface area contributed by atoms with E-state index in [2.05, 4.69) is 41.4 Å². The number of aryl methyl sites for hydroxylation is 1. The third kappa shape index (κ3) is 2.00. The third-order valence-corrected chi connectivity index (χ3v) is 4.37. The molecule has 1 aliphatic heterocycles. The van der Waals surface area contributed by atoms with E-state index in [1.165, 1.54) is 38.9 Å². The van der Waals surface area contributed by atoms with Gasteiger partial charge in [-0.3, -0.25) is 4.90 Å². The Balaban J connectivity index is 1.84. The quantitative estimate of drug-likeness (QED) is 0.857. The Morgan fingerprint density at radius 2 is 2.18 bits per heavy atom. The Labute approximate surface area is 104 Å². The summed E-state index contributed by atoms with van der Waals surface area (Å²) in [7, 11) is 0. The summed E-state index contributed by atoms with van der Waals surface area (Å²) in [6.07, 6.45) is 3.88. The molecule has 92 valence electrons. The number of nitrogens with zero attached hydrogens (tertiary/aromatic N) is 1. The summed E-state index contributed by atoms with van der Waals surface area (Å²) in [5.41, 5.74) is 3.16. The Morgan fingerprint density at radius 3 is 2.94 bits per heavy atom. The van der Waals surface area contributed by atoms with Crippen molar-refractivity contribution in [2.24, 2.45) is 0 Å². The van der Waals surface area contributed by atoms with Crippen molar-refractivity contribution in [3.8, 4) is 0 Å². The summed E-state index contributed by atoms with van der Waals surface area (Å²) >= 11 is 0. The molecule has 1 saturated heterocycles. The minimum Gasteiger partial charge on any atom is -0.315 e. The lowest BCUT2D eigenvalue weighted by Gasteiger charge is -2.33. The second-order valence-corrected chi connectivity index (χ2v) is 5.23. The molecule has 2 atom stereocenters. The van der Waals surface area contributed by atoms with E-state index in [0.29, 0.717) is 6.04 Å². The van der Waals surface area contributed by atoms with E-state index in [4.69, 9.17) is 0 Å². The van der Waals surface area contributed by atoms with Crippen LogP contribution in [0.4, 0.5) is 0 Å². The molecule has 17 heavy (non-hydrogen) atoms. The SMILES string of the molecule is CCN(C1CCNC1)C1CCc2ccccc21. The van der Waals surface area contributed by atoms with Crippen LogP contribution >= 0.6 is 0 Å². The van der Waals surface area contributed by atoms with Crippen LogP contribution in [0.5, 0.6) is 0 Å². The second-order valence-electron chi connectivity index (χ2n) is 5.23. The van der Waals surface area contributed by atoms with Crippen molar-refractivity contribution in [2.75, 3.05) is 19.6 Å². The summed E-state index contributed by atoms with van der Waals surface area (Å²) in [5, 5.41) is 3.49. The summed E-state index contributed by atoms with van der Waals surface area (Å²) in [4.78, 5) is 2.71. The highest BCUT2D eigenvalue weighted by Crippen LogP contribution is 2.37. The van der Waals surface area contributed by atoms with Crippen LogP contribution in [-0.2, 0) is 6.42 Å². The zero-order valence-corrected chi connectivity index (χ0v) is 10.7. The van der Waals surface area contributed by atoms with Crippen LogP contribution in [-0.4, -0.2) is 30.6 Å². The van der Waals surface area contributed by atoms with Crippen LogP contribution in [0.2, 0.25) is 0 Å². The topological polar surface area (TPSA) is 15.3 Å². The van der Waals surface area contributed by atoms with Gasteiger partial charge in [0.15, 0.2) is 0 Å². The Bertz CT molecular complexity index is 382. The molecular weight excluding hydrogens is 208 g/mol. The van der Waals surface area contributed by atoms with Gasteiger partial charge >= 0.3 is 0 Å². The lowest BCUT2D eigenvalue weighted by molar-refractivity contribution is 0.151. The van der Waals surface area contributed by atoms with Crippen LogP contribution in [0.25, 0.3) is 0 Å². The van der Waals surface area contributed by atoms with E-state index in [-0.39, 0.29) is 0 Å². The molecule has 0 radical (unpaired) electrons. The highest BCUT2D eigenvalue weighted by atomic mass is 15.2. The lowest BCUT2D eigenvalue weighted by atomic mass is 10.0. The fourth-order valence-electron chi connectivity index (χ4n) is 3.53. The number of hydrogen-bond donors (Lipinski definition) is 1. The molecule has 1 aromatic carbocycles. The number of fused-ring (bicyclic) bond motifs is 1. The Hall–Kier alpha value is -0.860. The predicted molar refractivity (Wildman–Crippen MR) is 71.2 cm³/mol. The first kappa shape index (κ1) is 11.2. The molecule has 1 fully saturated rings. The molecule has 1 aromatic rings. The van der Waals surface area contributed by atoms with Gasteiger partial charge in [-0.2, -0.15) is 0 Å². The molecule has 0 aromatic heterocycles. The van der Waals surface area contributed by atoms with Crippen molar-refractivity contribution in [3.05, 3.63) is 35.4 Å². The summed E-state index contributed by atoms with van der Waals surface area (Å²) < 4.78 is 0. The number of likely N-dealkylation sites (N-methyl/N-ethyl adjacent to an activating group) is 1. The minimum absolute atomic E-state index is 0.668. The molecule has 1 aliphatic carbocycles. The number of hydrogen-bond acceptors (Lipinski definition) is 2. The summed E-state index contributed by atoms with van der Waals surface area (Å²) in [5.74, 6) is 0. The third-order valence-electron chi connectivity index (χ3n) is 4.37. The van der Waals surface area contributed by atoms with Crippen molar-refractivity contribution < 1.29 is 0 Å². The first-order valence-electron chi connectivity index (χ1n) is 6.94. The van der Waals surface area contributed by atoms with E-state index in [1.807, 2.05) is 0 Å². The number of nitrogens with one attached hydrogen (secondary N) is 1. The van der Waals surface area contributed by atoms with Crippen LogP contribution in [0, 0.1) is 0 Å². The van der Waals surface area contributed by atoms with Crippen molar-refractivity contribution >= 4 is 0 Å². The predicted octanol–water partition coefficient (Wildman–Crippen LogP) is 2.36. The maximum absolute atomic E-state index is 3.49. The molecule has 1 heterocycles. The van der Waals surface area contributed by atoms with E-state index in [1.54, 1.807) is 11.1 Å². The fourth-order valence-corrected chi connectivity index (χ4v) is 3.53. The smallest absolute Gasteiger partial charge is 0.0357 e. The van der Waals surface area contributed by atoms with Gasteiger partial charge in [-0.15, -0.1) is 0 Å². The normalized spacial score (nSPS) is 27.6. The number of benzene rings is 1. The summed E-state index contributed by atoms with van der Waals surface area (Å²) in [6, 6.07) is 10.4. The molecule has 0 saturated carbocycles. The maximum atomic E-state index is 3.49. The molecule has 2 nitrogen and oxygen atoms in total. The number of rotatable bonds is 3. The highest BCUT2D eigenvalue weighted by Gasteiger charge is 2.32. The Kier molecular flexibility index (Phi) is 3.17. The van der Waals surface area contributed by atoms with E-state index >= 15 is 0 Å². The van der Waals surface area contributed by atoms with Gasteiger partial charge in [0.2, 0.25) is 0 Å². The molecule has 1 N–H and O–H groups in total. The molecule has 2 aliphatic rings. The van der Waals surface area contributed by atoms with Gasteiger partial charge in [0.25, 0.3) is 0 Å². The molecule has 0 amide bonds.